The molecular formula is C37H50N4O6S2. The van der Waals surface area contributed by atoms with Crippen molar-refractivity contribution in [3.63, 3.8) is 0 Å². The monoisotopic (exact) mass is 710 g/mol. The van der Waals surface area contributed by atoms with Crippen LogP contribution >= 0.6 is 11.8 Å². The summed E-state index contributed by atoms with van der Waals surface area (Å²) in [4.78, 5) is 29.5. The summed E-state index contributed by atoms with van der Waals surface area (Å²) >= 11 is 1.81. The van der Waals surface area contributed by atoms with Gasteiger partial charge in [0.25, 0.3) is 5.91 Å². The minimum Gasteiger partial charge on any atom is -0.445 e. The van der Waals surface area contributed by atoms with Gasteiger partial charge in [-0.15, -0.1) is 11.8 Å². The highest BCUT2D eigenvalue weighted by Crippen LogP contribution is 2.31. The number of anilines is 3. The van der Waals surface area contributed by atoms with Crippen LogP contribution in [0.25, 0.3) is 0 Å². The van der Waals surface area contributed by atoms with E-state index >= 15 is 0 Å². The maximum atomic E-state index is 13.7. The van der Waals surface area contributed by atoms with Crippen LogP contribution in [0.1, 0.15) is 61.9 Å². The number of sulfonamides is 1. The van der Waals surface area contributed by atoms with Gasteiger partial charge in [0.15, 0.2) is 0 Å². The SMILES string of the molecule is CC[C@@H](C)CCCCSc1ccc(NC(=O)c2cc(N3CC[C@@H](NC(=O)OCc4ccccc4)[C@@H](OC)C3)ccc2N(C)S(C)(=O)=O)cc1. The van der Waals surface area contributed by atoms with E-state index in [0.717, 1.165) is 38.4 Å². The molecule has 266 valence electrons. The fourth-order valence-corrected chi connectivity index (χ4v) is 7.08. The summed E-state index contributed by atoms with van der Waals surface area (Å²) in [5.74, 6) is 1.40. The van der Waals surface area contributed by atoms with E-state index < -0.39 is 22.0 Å². The smallest absolute Gasteiger partial charge is 0.407 e. The molecule has 1 heterocycles. The number of nitrogens with zero attached hydrogens (tertiary/aromatic N) is 2. The molecule has 10 nitrogen and oxygen atoms in total. The van der Waals surface area contributed by atoms with Gasteiger partial charge >= 0.3 is 6.09 Å². The Labute approximate surface area is 296 Å². The molecule has 3 aromatic rings. The number of nitrogens with one attached hydrogen (secondary N) is 2. The van der Waals surface area contributed by atoms with Crippen molar-refractivity contribution >= 4 is 50.8 Å². The Balaban J connectivity index is 1.42. The summed E-state index contributed by atoms with van der Waals surface area (Å²) in [5.41, 5.74) is 2.76. The van der Waals surface area contributed by atoms with Gasteiger partial charge in [-0.3, -0.25) is 9.10 Å². The summed E-state index contributed by atoms with van der Waals surface area (Å²) in [6, 6.07) is 22.1. The van der Waals surface area contributed by atoms with Crippen LogP contribution in [0.3, 0.4) is 0 Å². The van der Waals surface area contributed by atoms with Crippen molar-refractivity contribution in [1.29, 1.82) is 0 Å². The van der Waals surface area contributed by atoms with E-state index in [1.54, 1.807) is 37.1 Å². The second kappa shape index (κ2) is 18.3. The lowest BCUT2D eigenvalue weighted by Gasteiger charge is -2.39. The first-order valence-corrected chi connectivity index (χ1v) is 19.7. The van der Waals surface area contributed by atoms with Crippen LogP contribution in [-0.2, 0) is 26.1 Å². The normalized spacial score (nSPS) is 16.9. The fourth-order valence-electron chi connectivity index (χ4n) is 5.65. The molecule has 4 rings (SSSR count). The van der Waals surface area contributed by atoms with Gasteiger partial charge in [-0.1, -0.05) is 63.4 Å². The first-order chi connectivity index (χ1) is 23.5. The van der Waals surface area contributed by atoms with Gasteiger partial charge in [0, 0.05) is 43.5 Å². The van der Waals surface area contributed by atoms with Crippen molar-refractivity contribution in [2.75, 3.05) is 53.8 Å². The Morgan fingerprint density at radius 3 is 2.47 bits per heavy atom. The van der Waals surface area contributed by atoms with Crippen molar-refractivity contribution in [2.24, 2.45) is 5.92 Å². The standard InChI is InChI=1S/C37H50N4O6S2/c1-6-27(2)12-10-11-23-48-31-18-15-29(16-19-31)38-36(42)32-24-30(17-20-34(32)40(3)49(5,44)45)41-22-21-33(35(25-41)46-4)39-37(43)47-26-28-13-8-7-9-14-28/h7-9,13-20,24,27,33,35H,6,10-12,21-23,25-26H2,1-5H3,(H,38,42)(H,39,43)/t27-,33-,35+/m1/s1. The number of alkyl carbamates (subject to hydrolysis) is 1. The highest BCUT2D eigenvalue weighted by atomic mass is 32.2. The number of hydrogen-bond donors (Lipinski definition) is 2. The molecule has 2 N–H and O–H groups in total. The minimum absolute atomic E-state index is 0.171. The fraction of sp³-hybridized carbons (Fsp3) is 0.459. The van der Waals surface area contributed by atoms with Crippen molar-refractivity contribution in [3.05, 3.63) is 83.9 Å². The molecule has 49 heavy (non-hydrogen) atoms. The number of rotatable bonds is 16. The van der Waals surface area contributed by atoms with Gasteiger partial charge in [-0.25, -0.2) is 13.2 Å². The topological polar surface area (TPSA) is 117 Å². The van der Waals surface area contributed by atoms with E-state index in [2.05, 4.69) is 29.4 Å². The summed E-state index contributed by atoms with van der Waals surface area (Å²) in [5, 5.41) is 5.89. The molecule has 0 saturated carbocycles. The van der Waals surface area contributed by atoms with E-state index in [4.69, 9.17) is 9.47 Å². The van der Waals surface area contributed by atoms with Crippen molar-refractivity contribution in [3.8, 4) is 0 Å². The summed E-state index contributed by atoms with van der Waals surface area (Å²) < 4.78 is 37.3. The third-order valence-electron chi connectivity index (χ3n) is 8.97. The Morgan fingerprint density at radius 2 is 1.80 bits per heavy atom. The molecule has 1 aliphatic heterocycles. The highest BCUT2D eigenvalue weighted by molar-refractivity contribution is 7.99. The number of methoxy groups -OCH3 is 1. The molecule has 0 aromatic heterocycles. The lowest BCUT2D eigenvalue weighted by Crippen LogP contribution is -2.55. The Kier molecular flexibility index (Phi) is 14.2. The van der Waals surface area contributed by atoms with Crippen molar-refractivity contribution < 1.29 is 27.5 Å². The molecule has 0 radical (unpaired) electrons. The molecule has 1 fully saturated rings. The van der Waals surface area contributed by atoms with Gasteiger partial charge < -0.3 is 25.0 Å². The number of hydrogen-bond acceptors (Lipinski definition) is 8. The molecule has 3 aromatic carbocycles. The number of unbranched alkanes of at least 4 members (excludes halogenated alkanes) is 1. The van der Waals surface area contributed by atoms with E-state index in [1.807, 2.05) is 54.6 Å². The van der Waals surface area contributed by atoms with Gasteiger partial charge in [0.05, 0.1) is 29.7 Å². The van der Waals surface area contributed by atoms with Crippen LogP contribution < -0.4 is 19.8 Å². The van der Waals surface area contributed by atoms with E-state index in [-0.39, 0.29) is 30.0 Å². The predicted octanol–water partition coefficient (Wildman–Crippen LogP) is 7.16. The second-order valence-corrected chi connectivity index (χ2v) is 15.8. The highest BCUT2D eigenvalue weighted by Gasteiger charge is 2.32. The van der Waals surface area contributed by atoms with E-state index in [0.29, 0.717) is 25.2 Å². The lowest BCUT2D eigenvalue weighted by molar-refractivity contribution is 0.0546. The van der Waals surface area contributed by atoms with Crippen LogP contribution in [0.2, 0.25) is 0 Å². The predicted molar refractivity (Wildman–Crippen MR) is 199 cm³/mol. The molecule has 0 unspecified atom stereocenters. The maximum Gasteiger partial charge on any atom is 0.407 e. The molecule has 3 atom stereocenters. The number of benzene rings is 3. The number of amides is 2. The zero-order chi connectivity index (χ0) is 35.4. The molecule has 0 spiro atoms. The van der Waals surface area contributed by atoms with Crippen molar-refractivity contribution in [2.45, 2.75) is 69.6 Å². The molecule has 1 aliphatic rings. The molecular weight excluding hydrogens is 661 g/mol. The van der Waals surface area contributed by atoms with Gasteiger partial charge in [0.1, 0.15) is 6.61 Å². The zero-order valence-corrected chi connectivity index (χ0v) is 30.8. The van der Waals surface area contributed by atoms with E-state index in [1.165, 1.54) is 32.7 Å². The van der Waals surface area contributed by atoms with Crippen LogP contribution in [0.15, 0.2) is 77.7 Å². The van der Waals surface area contributed by atoms with Crippen LogP contribution in [0.4, 0.5) is 21.9 Å². The average Bonchev–Trinajstić information content (AvgIpc) is 3.10. The lowest BCUT2D eigenvalue weighted by atomic mass is 10.0. The number of carbonyl (C=O) groups excluding carboxylic acids is 2. The largest absolute Gasteiger partial charge is 0.445 e. The molecule has 0 bridgehead atoms. The van der Waals surface area contributed by atoms with Gasteiger partial charge in [-0.05, 0) is 72.5 Å². The van der Waals surface area contributed by atoms with Gasteiger partial charge in [0.2, 0.25) is 10.0 Å². The summed E-state index contributed by atoms with van der Waals surface area (Å²) in [6.45, 7) is 5.72. The van der Waals surface area contributed by atoms with Crippen LogP contribution in [0.5, 0.6) is 0 Å². The zero-order valence-electron chi connectivity index (χ0n) is 29.2. The minimum atomic E-state index is -3.64. The third-order valence-corrected chi connectivity index (χ3v) is 11.3. The first kappa shape index (κ1) is 38.1. The Hall–Kier alpha value is -3.74. The van der Waals surface area contributed by atoms with E-state index in [9.17, 15) is 18.0 Å². The van der Waals surface area contributed by atoms with Crippen LogP contribution in [0, 0.1) is 5.92 Å². The second-order valence-electron chi connectivity index (χ2n) is 12.6. The van der Waals surface area contributed by atoms with Crippen molar-refractivity contribution in [1.82, 2.24) is 5.32 Å². The maximum absolute atomic E-state index is 13.7. The molecule has 2 amide bonds. The quantitative estimate of drug-likeness (QED) is 0.119. The average molecular weight is 711 g/mol. The third kappa shape index (κ3) is 11.4. The number of ether oxygens (including phenoxy) is 2. The Bertz CT molecular complexity index is 1620. The summed E-state index contributed by atoms with van der Waals surface area (Å²) in [6.07, 6.45) is 5.70. The van der Waals surface area contributed by atoms with Crippen LogP contribution in [-0.4, -0.2) is 71.8 Å². The molecule has 1 saturated heterocycles. The number of carbonyl (C=O) groups is 2. The molecule has 0 aliphatic carbocycles. The summed E-state index contributed by atoms with van der Waals surface area (Å²) in [7, 11) is -0.605. The van der Waals surface area contributed by atoms with Gasteiger partial charge in [-0.2, -0.15) is 0 Å². The first-order valence-electron chi connectivity index (χ1n) is 16.9. The molecule has 12 heteroatoms. The Morgan fingerprint density at radius 1 is 1.06 bits per heavy atom. The number of piperidine rings is 1. The number of thioether (sulfide) groups is 1.